The van der Waals surface area contributed by atoms with Crippen molar-refractivity contribution in [3.63, 3.8) is 0 Å². The third kappa shape index (κ3) is 4.52. The number of hydrogen-bond donors (Lipinski definition) is 1. The number of sulfonamides is 1. The average molecular weight is 440 g/mol. The summed E-state index contributed by atoms with van der Waals surface area (Å²) in [5.41, 5.74) is 6.86. The number of carbonyl (C=O) groups is 1. The van der Waals surface area contributed by atoms with Crippen molar-refractivity contribution in [2.24, 2.45) is 5.73 Å². The van der Waals surface area contributed by atoms with Crippen LogP contribution in [0.5, 0.6) is 0 Å². The van der Waals surface area contributed by atoms with Crippen LogP contribution in [0.2, 0.25) is 5.02 Å². The first-order valence-electron chi connectivity index (χ1n) is 8.94. The van der Waals surface area contributed by atoms with Gasteiger partial charge in [0.05, 0.1) is 16.5 Å². The number of hydrogen-bond acceptors (Lipinski definition) is 4. The molecule has 0 aliphatic heterocycles. The van der Waals surface area contributed by atoms with E-state index in [-0.39, 0.29) is 11.4 Å². The summed E-state index contributed by atoms with van der Waals surface area (Å²) in [5, 5.41) is 9.80. The van der Waals surface area contributed by atoms with Crippen LogP contribution in [-0.4, -0.2) is 18.6 Å². The summed E-state index contributed by atoms with van der Waals surface area (Å²) in [6.45, 7) is -0.211. The van der Waals surface area contributed by atoms with Gasteiger partial charge in [-0.15, -0.1) is 0 Å². The Kier molecular flexibility index (Phi) is 6.53. The quantitative estimate of drug-likeness (QED) is 0.606. The molecule has 8 heteroatoms. The Morgan fingerprint density at radius 3 is 2.20 bits per heavy atom. The third-order valence-electron chi connectivity index (χ3n) is 4.56. The molecule has 0 unspecified atom stereocenters. The largest absolute Gasteiger partial charge is 0.368 e. The number of primary amides is 1. The summed E-state index contributed by atoms with van der Waals surface area (Å²) in [7, 11) is -4.17. The molecule has 30 heavy (non-hydrogen) atoms. The molecule has 0 saturated carbocycles. The van der Waals surface area contributed by atoms with Crippen LogP contribution < -0.4 is 5.73 Å². The average Bonchev–Trinajstić information content (AvgIpc) is 2.74. The van der Waals surface area contributed by atoms with Gasteiger partial charge in [-0.3, -0.25) is 4.79 Å². The van der Waals surface area contributed by atoms with Gasteiger partial charge in [0.1, 0.15) is 6.04 Å². The van der Waals surface area contributed by atoms with Crippen molar-refractivity contribution in [2.45, 2.75) is 17.5 Å². The van der Waals surface area contributed by atoms with Crippen molar-refractivity contribution in [3.05, 3.63) is 101 Å². The number of carbonyl (C=O) groups excluding carboxylic acids is 1. The topological polar surface area (TPSA) is 104 Å². The van der Waals surface area contributed by atoms with Crippen molar-refractivity contribution >= 4 is 27.5 Å². The fourth-order valence-electron chi connectivity index (χ4n) is 3.10. The Morgan fingerprint density at radius 2 is 1.60 bits per heavy atom. The molecule has 1 amide bonds. The molecule has 0 aliphatic rings. The molecule has 3 rings (SSSR count). The number of halogens is 1. The predicted molar refractivity (Wildman–Crippen MR) is 114 cm³/mol. The Balaban J connectivity index is 2.18. The highest BCUT2D eigenvalue weighted by molar-refractivity contribution is 7.89. The Morgan fingerprint density at radius 1 is 1.00 bits per heavy atom. The summed E-state index contributed by atoms with van der Waals surface area (Å²) in [6, 6.07) is 21.5. The van der Waals surface area contributed by atoms with E-state index >= 15 is 0 Å². The van der Waals surface area contributed by atoms with Gasteiger partial charge in [-0.2, -0.15) is 9.57 Å². The van der Waals surface area contributed by atoms with E-state index in [0.717, 1.165) is 4.31 Å². The summed E-state index contributed by atoms with van der Waals surface area (Å²) >= 11 is 5.90. The zero-order valence-electron chi connectivity index (χ0n) is 15.8. The van der Waals surface area contributed by atoms with Crippen molar-refractivity contribution in [1.82, 2.24) is 4.31 Å². The van der Waals surface area contributed by atoms with E-state index < -0.39 is 22.0 Å². The number of nitrogens with two attached hydrogens (primary N) is 1. The lowest BCUT2D eigenvalue weighted by Gasteiger charge is -2.29. The first-order valence-corrected chi connectivity index (χ1v) is 10.8. The molecule has 3 aromatic carbocycles. The zero-order chi connectivity index (χ0) is 21.7. The van der Waals surface area contributed by atoms with E-state index in [2.05, 4.69) is 6.07 Å². The van der Waals surface area contributed by atoms with Crippen LogP contribution in [0.25, 0.3) is 0 Å². The van der Waals surface area contributed by atoms with E-state index in [9.17, 15) is 18.5 Å². The van der Waals surface area contributed by atoms with Crippen LogP contribution in [0.4, 0.5) is 0 Å². The number of nitriles is 1. The molecular formula is C22H18ClN3O3S. The number of amides is 1. The molecule has 0 fully saturated rings. The summed E-state index contributed by atoms with van der Waals surface area (Å²) in [5.74, 6) is -0.826. The SMILES string of the molecule is N#Cc1ccccc1CN([C@@H](C(N)=O)c1ccccc1)S(=O)(=O)c1ccc(Cl)cc1. The van der Waals surface area contributed by atoms with Crippen molar-refractivity contribution in [3.8, 4) is 6.07 Å². The van der Waals surface area contributed by atoms with Crippen LogP contribution in [-0.2, 0) is 21.4 Å². The highest BCUT2D eigenvalue weighted by atomic mass is 35.5. The first-order chi connectivity index (χ1) is 14.3. The Labute approximate surface area is 180 Å². The fraction of sp³-hybridized carbons (Fsp3) is 0.0909. The number of nitrogens with zero attached hydrogens (tertiary/aromatic N) is 2. The number of benzene rings is 3. The lowest BCUT2D eigenvalue weighted by atomic mass is 10.0. The monoisotopic (exact) mass is 439 g/mol. The second-order valence-corrected chi connectivity index (χ2v) is 8.82. The van der Waals surface area contributed by atoms with Gasteiger partial charge in [0.15, 0.2) is 0 Å². The van der Waals surface area contributed by atoms with Gasteiger partial charge in [-0.25, -0.2) is 8.42 Å². The zero-order valence-corrected chi connectivity index (χ0v) is 17.3. The molecule has 1 atom stereocenters. The minimum Gasteiger partial charge on any atom is -0.368 e. The normalized spacial score (nSPS) is 12.3. The fourth-order valence-corrected chi connectivity index (χ4v) is 4.79. The Hall–Kier alpha value is -3.18. The maximum Gasteiger partial charge on any atom is 0.244 e. The molecule has 0 saturated heterocycles. The summed E-state index contributed by atoms with van der Waals surface area (Å²) < 4.78 is 28.1. The van der Waals surface area contributed by atoms with Crippen LogP contribution in [0.3, 0.4) is 0 Å². The molecule has 3 aromatic rings. The molecule has 2 N–H and O–H groups in total. The van der Waals surface area contributed by atoms with Gasteiger partial charge < -0.3 is 5.73 Å². The van der Waals surface area contributed by atoms with Gasteiger partial charge in [0.25, 0.3) is 0 Å². The highest BCUT2D eigenvalue weighted by Crippen LogP contribution is 2.31. The van der Waals surface area contributed by atoms with Crippen LogP contribution in [0.15, 0.2) is 83.8 Å². The van der Waals surface area contributed by atoms with Gasteiger partial charge >= 0.3 is 0 Å². The lowest BCUT2D eigenvalue weighted by molar-refractivity contribution is -0.122. The van der Waals surface area contributed by atoms with E-state index in [1.807, 2.05) is 0 Å². The van der Waals surface area contributed by atoms with E-state index in [4.69, 9.17) is 17.3 Å². The van der Waals surface area contributed by atoms with Crippen LogP contribution >= 0.6 is 11.6 Å². The first kappa shape index (κ1) is 21.5. The smallest absolute Gasteiger partial charge is 0.244 e. The van der Waals surface area contributed by atoms with Gasteiger partial charge in [-0.05, 0) is 41.5 Å². The van der Waals surface area contributed by atoms with E-state index in [1.165, 1.54) is 24.3 Å². The van der Waals surface area contributed by atoms with Crippen molar-refractivity contribution in [2.75, 3.05) is 0 Å². The second kappa shape index (κ2) is 9.09. The maximum atomic E-state index is 13.6. The molecule has 0 spiro atoms. The van der Waals surface area contributed by atoms with Gasteiger partial charge in [-0.1, -0.05) is 60.1 Å². The molecule has 0 bridgehead atoms. The van der Waals surface area contributed by atoms with Gasteiger partial charge in [0.2, 0.25) is 15.9 Å². The molecule has 0 radical (unpaired) electrons. The molecular weight excluding hydrogens is 422 g/mol. The van der Waals surface area contributed by atoms with E-state index in [1.54, 1.807) is 54.6 Å². The second-order valence-electron chi connectivity index (χ2n) is 6.49. The number of rotatable bonds is 7. The van der Waals surface area contributed by atoms with Crippen molar-refractivity contribution in [1.29, 1.82) is 5.26 Å². The minimum atomic E-state index is -4.17. The Bertz CT molecular complexity index is 1190. The molecule has 0 aliphatic carbocycles. The minimum absolute atomic E-state index is 0.0384. The summed E-state index contributed by atoms with van der Waals surface area (Å²) in [4.78, 5) is 12.4. The molecule has 152 valence electrons. The molecule has 0 heterocycles. The molecule has 0 aromatic heterocycles. The maximum absolute atomic E-state index is 13.6. The highest BCUT2D eigenvalue weighted by Gasteiger charge is 2.36. The summed E-state index contributed by atoms with van der Waals surface area (Å²) in [6.07, 6.45) is 0. The lowest BCUT2D eigenvalue weighted by Crippen LogP contribution is -2.41. The standard InChI is InChI=1S/C22H18ClN3O3S/c23-19-10-12-20(13-11-19)30(28,29)26(15-18-9-5-4-8-17(18)14-24)21(22(25)27)16-6-2-1-3-7-16/h1-13,21H,15H2,(H2,25,27)/t21-/m1/s1. The van der Waals surface area contributed by atoms with Gasteiger partial charge in [0, 0.05) is 11.6 Å². The van der Waals surface area contributed by atoms with Crippen LogP contribution in [0, 0.1) is 11.3 Å². The predicted octanol–water partition coefficient (Wildman–Crippen LogP) is 3.63. The third-order valence-corrected chi connectivity index (χ3v) is 6.63. The van der Waals surface area contributed by atoms with Crippen LogP contribution in [0.1, 0.15) is 22.7 Å². The van der Waals surface area contributed by atoms with E-state index in [0.29, 0.717) is 21.7 Å². The van der Waals surface area contributed by atoms with Crippen molar-refractivity contribution < 1.29 is 13.2 Å². The molecule has 6 nitrogen and oxygen atoms in total.